The van der Waals surface area contributed by atoms with Gasteiger partial charge in [-0.25, -0.2) is 13.2 Å². The first-order valence-corrected chi connectivity index (χ1v) is 7.43. The van der Waals surface area contributed by atoms with Crippen LogP contribution in [0.4, 0.5) is 13.2 Å². The highest BCUT2D eigenvalue weighted by Gasteiger charge is 2.17. The van der Waals surface area contributed by atoms with Crippen LogP contribution in [0.15, 0.2) is 36.4 Å². The maximum Gasteiger partial charge on any atom is 0.303 e. The van der Waals surface area contributed by atoms with Crippen molar-refractivity contribution in [3.8, 4) is 11.3 Å². The number of nitrogens with one attached hydrogen (secondary N) is 1. The van der Waals surface area contributed by atoms with Crippen molar-refractivity contribution in [2.45, 2.75) is 19.3 Å². The number of H-pyrrole nitrogens is 1. The summed E-state index contributed by atoms with van der Waals surface area (Å²) in [4.78, 5) is 13.6. The van der Waals surface area contributed by atoms with Crippen LogP contribution < -0.4 is 0 Å². The Balaban J connectivity index is 2.13. The van der Waals surface area contributed by atoms with Crippen LogP contribution >= 0.6 is 0 Å². The molecule has 24 heavy (non-hydrogen) atoms. The quantitative estimate of drug-likeness (QED) is 0.713. The minimum absolute atomic E-state index is 0.0483. The Labute approximate surface area is 135 Å². The van der Waals surface area contributed by atoms with Gasteiger partial charge in [-0.3, -0.25) is 4.79 Å². The lowest BCUT2D eigenvalue weighted by Gasteiger charge is -2.05. The van der Waals surface area contributed by atoms with E-state index in [1.165, 1.54) is 30.3 Å². The topological polar surface area (TPSA) is 53.1 Å². The number of hydrogen-bond acceptors (Lipinski definition) is 1. The Bertz CT molecular complexity index is 901. The summed E-state index contributed by atoms with van der Waals surface area (Å²) in [7, 11) is 0. The van der Waals surface area contributed by atoms with Gasteiger partial charge in [0.15, 0.2) is 0 Å². The van der Waals surface area contributed by atoms with Crippen molar-refractivity contribution >= 4 is 16.9 Å². The predicted molar refractivity (Wildman–Crippen MR) is 84.2 cm³/mol. The maximum absolute atomic E-state index is 14.0. The third-order valence-corrected chi connectivity index (χ3v) is 3.88. The molecule has 3 rings (SSSR count). The minimum atomic E-state index is -0.935. The zero-order chi connectivity index (χ0) is 17.3. The summed E-state index contributed by atoms with van der Waals surface area (Å²) in [6, 6.07) is 7.63. The number of carboxylic acid groups (broad SMARTS) is 1. The van der Waals surface area contributed by atoms with Gasteiger partial charge in [-0.15, -0.1) is 0 Å². The van der Waals surface area contributed by atoms with Crippen LogP contribution in [-0.2, 0) is 11.2 Å². The number of halogens is 3. The molecule has 0 fully saturated rings. The molecule has 0 saturated heterocycles. The Morgan fingerprint density at radius 3 is 2.42 bits per heavy atom. The van der Waals surface area contributed by atoms with Crippen molar-refractivity contribution in [3.05, 3.63) is 59.4 Å². The van der Waals surface area contributed by atoms with E-state index in [2.05, 4.69) is 4.98 Å². The van der Waals surface area contributed by atoms with Gasteiger partial charge in [0.25, 0.3) is 0 Å². The van der Waals surface area contributed by atoms with Gasteiger partial charge in [0.2, 0.25) is 0 Å². The van der Waals surface area contributed by atoms with Crippen LogP contribution in [-0.4, -0.2) is 16.1 Å². The molecule has 3 nitrogen and oxygen atoms in total. The number of aromatic nitrogens is 1. The maximum atomic E-state index is 14.0. The highest BCUT2D eigenvalue weighted by atomic mass is 19.1. The second-order valence-corrected chi connectivity index (χ2v) is 5.54. The van der Waals surface area contributed by atoms with Gasteiger partial charge in [0, 0.05) is 23.6 Å². The Morgan fingerprint density at radius 2 is 1.75 bits per heavy atom. The molecular weight excluding hydrogens is 319 g/mol. The molecule has 124 valence electrons. The van der Waals surface area contributed by atoms with Crippen molar-refractivity contribution in [2.24, 2.45) is 0 Å². The number of benzene rings is 2. The van der Waals surface area contributed by atoms with Gasteiger partial charge in [-0.2, -0.15) is 0 Å². The lowest BCUT2D eigenvalue weighted by atomic mass is 10.00. The van der Waals surface area contributed by atoms with Crippen molar-refractivity contribution in [1.29, 1.82) is 0 Å². The molecule has 0 unspecified atom stereocenters. The Kier molecular flexibility index (Phi) is 4.29. The Hall–Kier alpha value is -2.76. The summed E-state index contributed by atoms with van der Waals surface area (Å²) in [5.74, 6) is -2.77. The van der Waals surface area contributed by atoms with Crippen LogP contribution in [0.5, 0.6) is 0 Å². The fourth-order valence-corrected chi connectivity index (χ4v) is 2.81. The standard InChI is InChI=1S/C18H14F3NO2/c19-11-6-4-10(5-7-11)17-13(2-1-3-16(23)24)14-8-12(20)9-15(21)18(14)22-17/h4-9,22H,1-3H2,(H,23,24). The molecule has 2 N–H and O–H groups in total. The fraction of sp³-hybridized carbons (Fsp3) is 0.167. The number of aliphatic carboxylic acids is 1. The average molecular weight is 333 g/mol. The summed E-state index contributed by atoms with van der Waals surface area (Å²) < 4.78 is 40.8. The number of fused-ring (bicyclic) bond motifs is 1. The van der Waals surface area contributed by atoms with Gasteiger partial charge < -0.3 is 10.1 Å². The number of carbonyl (C=O) groups is 1. The lowest BCUT2D eigenvalue weighted by molar-refractivity contribution is -0.137. The average Bonchev–Trinajstić information content (AvgIpc) is 2.87. The number of aromatic amines is 1. The van der Waals surface area contributed by atoms with Gasteiger partial charge in [-0.1, -0.05) is 0 Å². The summed E-state index contributed by atoms with van der Waals surface area (Å²) >= 11 is 0. The van der Waals surface area contributed by atoms with Crippen LogP contribution in [0.25, 0.3) is 22.2 Å². The number of aryl methyl sites for hydroxylation is 1. The molecule has 0 aliphatic carbocycles. The first-order chi connectivity index (χ1) is 11.5. The number of carboxylic acids is 1. The fourth-order valence-electron chi connectivity index (χ4n) is 2.81. The molecule has 0 atom stereocenters. The van der Waals surface area contributed by atoms with Crippen LogP contribution in [0.1, 0.15) is 18.4 Å². The van der Waals surface area contributed by atoms with Gasteiger partial charge in [0.1, 0.15) is 17.5 Å². The molecule has 0 radical (unpaired) electrons. The predicted octanol–water partition coefficient (Wildman–Crippen LogP) is 4.66. The van der Waals surface area contributed by atoms with E-state index < -0.39 is 23.4 Å². The molecule has 0 spiro atoms. The van der Waals surface area contributed by atoms with E-state index in [1.54, 1.807) is 0 Å². The van der Waals surface area contributed by atoms with Crippen LogP contribution in [0.3, 0.4) is 0 Å². The normalized spacial score (nSPS) is 11.1. The molecular formula is C18H14F3NO2. The van der Waals surface area contributed by atoms with Gasteiger partial charge in [-0.05, 0) is 54.3 Å². The summed E-state index contributed by atoms with van der Waals surface area (Å²) in [5.41, 5.74) is 1.94. The molecule has 6 heteroatoms. The molecule has 1 aromatic heterocycles. The molecule has 1 heterocycles. The molecule has 3 aromatic rings. The molecule has 2 aromatic carbocycles. The van der Waals surface area contributed by atoms with E-state index in [4.69, 9.17) is 5.11 Å². The number of rotatable bonds is 5. The smallest absolute Gasteiger partial charge is 0.303 e. The number of hydrogen-bond donors (Lipinski definition) is 2. The summed E-state index contributed by atoms with van der Waals surface area (Å²) in [5, 5.41) is 9.16. The summed E-state index contributed by atoms with van der Waals surface area (Å²) in [6.45, 7) is 0. The first kappa shape index (κ1) is 16.1. The molecule has 0 bridgehead atoms. The van der Waals surface area contributed by atoms with Crippen LogP contribution in [0, 0.1) is 17.5 Å². The van der Waals surface area contributed by atoms with Crippen molar-refractivity contribution in [2.75, 3.05) is 0 Å². The highest BCUT2D eigenvalue weighted by Crippen LogP contribution is 2.33. The van der Waals surface area contributed by atoms with Gasteiger partial charge in [0.05, 0.1) is 5.52 Å². The molecule has 0 amide bonds. The Morgan fingerprint density at radius 1 is 1.04 bits per heavy atom. The van der Waals surface area contributed by atoms with Gasteiger partial charge >= 0.3 is 5.97 Å². The second kappa shape index (κ2) is 6.39. The molecule has 0 aliphatic rings. The first-order valence-electron chi connectivity index (χ1n) is 7.43. The highest BCUT2D eigenvalue weighted by molar-refractivity contribution is 5.91. The van der Waals surface area contributed by atoms with E-state index >= 15 is 0 Å². The van der Waals surface area contributed by atoms with E-state index in [0.29, 0.717) is 35.0 Å². The van der Waals surface area contributed by atoms with E-state index in [9.17, 15) is 18.0 Å². The van der Waals surface area contributed by atoms with E-state index in [0.717, 1.165) is 6.07 Å². The SMILES string of the molecule is O=C(O)CCCc1c(-c2ccc(F)cc2)[nH]c2c(F)cc(F)cc12. The summed E-state index contributed by atoms with van der Waals surface area (Å²) in [6.07, 6.45) is 0.615. The molecule has 0 aliphatic heterocycles. The minimum Gasteiger partial charge on any atom is -0.481 e. The lowest BCUT2D eigenvalue weighted by Crippen LogP contribution is -1.96. The van der Waals surface area contributed by atoms with E-state index in [-0.39, 0.29) is 11.9 Å². The zero-order valence-electron chi connectivity index (χ0n) is 12.6. The van der Waals surface area contributed by atoms with E-state index in [1.807, 2.05) is 0 Å². The van der Waals surface area contributed by atoms with Crippen molar-refractivity contribution in [3.63, 3.8) is 0 Å². The van der Waals surface area contributed by atoms with Crippen LogP contribution in [0.2, 0.25) is 0 Å². The van der Waals surface area contributed by atoms with Crippen molar-refractivity contribution < 1.29 is 23.1 Å². The third-order valence-electron chi connectivity index (χ3n) is 3.88. The van der Waals surface area contributed by atoms with Crippen molar-refractivity contribution in [1.82, 2.24) is 4.98 Å². The largest absolute Gasteiger partial charge is 0.481 e. The molecule has 0 saturated carbocycles. The second-order valence-electron chi connectivity index (χ2n) is 5.54. The zero-order valence-corrected chi connectivity index (χ0v) is 12.6. The monoisotopic (exact) mass is 333 g/mol. The third kappa shape index (κ3) is 3.13.